The predicted molar refractivity (Wildman–Crippen MR) is 56.5 cm³/mol. The van der Waals surface area contributed by atoms with E-state index in [2.05, 4.69) is 14.9 Å². The van der Waals surface area contributed by atoms with Crippen molar-refractivity contribution >= 4 is 0 Å². The number of methoxy groups -OCH3 is 1. The van der Waals surface area contributed by atoms with Crippen LogP contribution in [0.15, 0.2) is 12.4 Å². The number of nitrogens with two attached hydrogens (primary N) is 1. The van der Waals surface area contributed by atoms with Crippen molar-refractivity contribution in [2.24, 2.45) is 5.73 Å². The predicted octanol–water partition coefficient (Wildman–Crippen LogP) is 0.0182. The third-order valence-electron chi connectivity index (χ3n) is 2.61. The maximum Gasteiger partial charge on any atom is 0.236 e. The van der Waals surface area contributed by atoms with Crippen molar-refractivity contribution in [1.29, 1.82) is 0 Å². The van der Waals surface area contributed by atoms with Gasteiger partial charge in [-0.05, 0) is 6.42 Å². The standard InChI is InChI=1S/C10H16N4O/c1-15-10-9(12-3-4-13-10)7-14-5-2-8(11)6-14/h3-4,8H,2,5-7,11H2,1H3/t8-/m1/s1. The number of likely N-dealkylation sites (tertiary alicyclic amines) is 1. The first-order valence-corrected chi connectivity index (χ1v) is 5.11. The van der Waals surface area contributed by atoms with Crippen LogP contribution in [-0.4, -0.2) is 41.1 Å². The van der Waals surface area contributed by atoms with Crippen LogP contribution in [0.2, 0.25) is 0 Å². The minimum Gasteiger partial charge on any atom is -0.480 e. The van der Waals surface area contributed by atoms with E-state index in [0.29, 0.717) is 11.9 Å². The first-order valence-electron chi connectivity index (χ1n) is 5.11. The molecule has 2 heterocycles. The monoisotopic (exact) mass is 208 g/mol. The van der Waals surface area contributed by atoms with E-state index in [1.54, 1.807) is 19.5 Å². The quantitative estimate of drug-likeness (QED) is 0.758. The summed E-state index contributed by atoms with van der Waals surface area (Å²) in [5.74, 6) is 0.609. The summed E-state index contributed by atoms with van der Waals surface area (Å²) in [7, 11) is 1.61. The largest absolute Gasteiger partial charge is 0.480 e. The lowest BCUT2D eigenvalue weighted by molar-refractivity contribution is 0.308. The molecule has 15 heavy (non-hydrogen) atoms. The van der Waals surface area contributed by atoms with Gasteiger partial charge in [-0.3, -0.25) is 9.88 Å². The average molecular weight is 208 g/mol. The van der Waals surface area contributed by atoms with Crippen LogP contribution in [-0.2, 0) is 6.54 Å². The van der Waals surface area contributed by atoms with Gasteiger partial charge in [0, 0.05) is 38.1 Å². The second-order valence-electron chi connectivity index (χ2n) is 3.80. The summed E-state index contributed by atoms with van der Waals surface area (Å²) in [6, 6.07) is 0.299. The third-order valence-corrected chi connectivity index (χ3v) is 2.61. The molecule has 0 unspecified atom stereocenters. The van der Waals surface area contributed by atoms with Crippen molar-refractivity contribution in [2.45, 2.75) is 19.0 Å². The zero-order valence-electron chi connectivity index (χ0n) is 8.89. The molecule has 1 atom stereocenters. The van der Waals surface area contributed by atoms with Crippen LogP contribution in [0.5, 0.6) is 5.88 Å². The van der Waals surface area contributed by atoms with Crippen LogP contribution in [0.1, 0.15) is 12.1 Å². The summed E-state index contributed by atoms with van der Waals surface area (Å²) in [5.41, 5.74) is 6.72. The number of ether oxygens (including phenoxy) is 1. The third kappa shape index (κ3) is 2.43. The molecular weight excluding hydrogens is 192 g/mol. The summed E-state index contributed by atoms with van der Waals surface area (Å²) in [5, 5.41) is 0. The van der Waals surface area contributed by atoms with E-state index < -0.39 is 0 Å². The Morgan fingerprint density at radius 2 is 2.33 bits per heavy atom. The van der Waals surface area contributed by atoms with Crippen molar-refractivity contribution in [1.82, 2.24) is 14.9 Å². The molecule has 1 aromatic heterocycles. The molecule has 2 rings (SSSR count). The van der Waals surface area contributed by atoms with Crippen molar-refractivity contribution in [3.05, 3.63) is 18.1 Å². The van der Waals surface area contributed by atoms with Crippen molar-refractivity contribution < 1.29 is 4.74 Å². The molecule has 0 radical (unpaired) electrons. The lowest BCUT2D eigenvalue weighted by atomic mass is 10.3. The first kappa shape index (κ1) is 10.3. The summed E-state index contributed by atoms with van der Waals surface area (Å²) in [4.78, 5) is 10.7. The Balaban J connectivity index is 2.04. The van der Waals surface area contributed by atoms with Gasteiger partial charge in [-0.1, -0.05) is 0 Å². The molecule has 1 aromatic rings. The molecule has 1 saturated heterocycles. The van der Waals surface area contributed by atoms with E-state index in [9.17, 15) is 0 Å². The van der Waals surface area contributed by atoms with Gasteiger partial charge in [0.05, 0.1) is 7.11 Å². The van der Waals surface area contributed by atoms with Gasteiger partial charge in [0.1, 0.15) is 5.69 Å². The first-order chi connectivity index (χ1) is 7.29. The van der Waals surface area contributed by atoms with Crippen molar-refractivity contribution in [3.8, 4) is 5.88 Å². The van der Waals surface area contributed by atoms with Crippen LogP contribution >= 0.6 is 0 Å². The molecule has 2 N–H and O–H groups in total. The van der Waals surface area contributed by atoms with E-state index in [-0.39, 0.29) is 0 Å². The molecule has 0 spiro atoms. The van der Waals surface area contributed by atoms with Gasteiger partial charge >= 0.3 is 0 Å². The highest BCUT2D eigenvalue weighted by Crippen LogP contribution is 2.16. The fraction of sp³-hybridized carbons (Fsp3) is 0.600. The lowest BCUT2D eigenvalue weighted by Crippen LogP contribution is -2.26. The van der Waals surface area contributed by atoms with Crippen molar-refractivity contribution in [3.63, 3.8) is 0 Å². The minimum atomic E-state index is 0.299. The number of hydrogen-bond donors (Lipinski definition) is 1. The average Bonchev–Trinajstić information content (AvgIpc) is 2.65. The Morgan fingerprint density at radius 1 is 1.53 bits per heavy atom. The summed E-state index contributed by atoms with van der Waals surface area (Å²) in [6.07, 6.45) is 4.38. The Morgan fingerprint density at radius 3 is 3.00 bits per heavy atom. The fourth-order valence-corrected chi connectivity index (χ4v) is 1.85. The summed E-state index contributed by atoms with van der Waals surface area (Å²) in [6.45, 7) is 2.73. The molecule has 5 heteroatoms. The van der Waals surface area contributed by atoms with Gasteiger partial charge < -0.3 is 10.5 Å². The molecule has 0 aromatic carbocycles. The maximum atomic E-state index is 5.84. The highest BCUT2D eigenvalue weighted by Gasteiger charge is 2.20. The van der Waals surface area contributed by atoms with Crippen LogP contribution in [0, 0.1) is 0 Å². The molecule has 0 aliphatic carbocycles. The number of aromatic nitrogens is 2. The van der Waals surface area contributed by atoms with E-state index in [1.165, 1.54) is 0 Å². The second kappa shape index (κ2) is 4.55. The van der Waals surface area contributed by atoms with Gasteiger partial charge in [0.25, 0.3) is 0 Å². The Bertz CT molecular complexity index is 331. The van der Waals surface area contributed by atoms with E-state index in [4.69, 9.17) is 10.5 Å². The molecule has 1 fully saturated rings. The number of rotatable bonds is 3. The normalized spacial score (nSPS) is 21.9. The second-order valence-corrected chi connectivity index (χ2v) is 3.80. The van der Waals surface area contributed by atoms with Gasteiger partial charge in [0.2, 0.25) is 5.88 Å². The molecule has 0 saturated carbocycles. The van der Waals surface area contributed by atoms with Crippen LogP contribution < -0.4 is 10.5 Å². The number of nitrogens with zero attached hydrogens (tertiary/aromatic N) is 3. The lowest BCUT2D eigenvalue weighted by Gasteiger charge is -2.15. The van der Waals surface area contributed by atoms with Crippen LogP contribution in [0.4, 0.5) is 0 Å². The maximum absolute atomic E-state index is 5.84. The highest BCUT2D eigenvalue weighted by molar-refractivity contribution is 5.17. The SMILES string of the molecule is COc1nccnc1CN1CC[C@@H](N)C1. The Hall–Kier alpha value is -1.20. The minimum absolute atomic E-state index is 0.299. The molecule has 5 nitrogen and oxygen atoms in total. The van der Waals surface area contributed by atoms with Crippen LogP contribution in [0.3, 0.4) is 0 Å². The van der Waals surface area contributed by atoms with Gasteiger partial charge in [-0.15, -0.1) is 0 Å². The molecule has 0 bridgehead atoms. The van der Waals surface area contributed by atoms with E-state index in [1.807, 2.05) is 0 Å². The fourth-order valence-electron chi connectivity index (χ4n) is 1.85. The molecule has 1 aliphatic heterocycles. The Labute approximate surface area is 89.3 Å². The Kier molecular flexibility index (Phi) is 3.13. The molecule has 82 valence electrons. The van der Waals surface area contributed by atoms with Gasteiger partial charge in [-0.25, -0.2) is 4.98 Å². The number of hydrogen-bond acceptors (Lipinski definition) is 5. The highest BCUT2D eigenvalue weighted by atomic mass is 16.5. The van der Waals surface area contributed by atoms with Gasteiger partial charge in [-0.2, -0.15) is 0 Å². The summed E-state index contributed by atoms with van der Waals surface area (Å²) < 4.78 is 5.15. The van der Waals surface area contributed by atoms with E-state index >= 15 is 0 Å². The molecular formula is C10H16N4O. The molecule has 0 amide bonds. The van der Waals surface area contributed by atoms with Crippen molar-refractivity contribution in [2.75, 3.05) is 20.2 Å². The zero-order chi connectivity index (χ0) is 10.7. The van der Waals surface area contributed by atoms with Gasteiger partial charge in [0.15, 0.2) is 0 Å². The van der Waals surface area contributed by atoms with E-state index in [0.717, 1.165) is 31.7 Å². The zero-order valence-corrected chi connectivity index (χ0v) is 8.89. The van der Waals surface area contributed by atoms with Crippen LogP contribution in [0.25, 0.3) is 0 Å². The molecule has 1 aliphatic rings. The smallest absolute Gasteiger partial charge is 0.236 e. The topological polar surface area (TPSA) is 64.3 Å². The summed E-state index contributed by atoms with van der Waals surface area (Å²) >= 11 is 0.